The van der Waals surface area contributed by atoms with E-state index in [1.54, 1.807) is 12.1 Å². The maximum Gasteiger partial charge on any atom is 0.262 e. The summed E-state index contributed by atoms with van der Waals surface area (Å²) >= 11 is 6.11. The van der Waals surface area contributed by atoms with Crippen LogP contribution in [-0.2, 0) is 9.59 Å². The predicted octanol–water partition coefficient (Wildman–Crippen LogP) is 1.98. The highest BCUT2D eigenvalue weighted by atomic mass is 35.5. The fraction of sp³-hybridized carbons (Fsp3) is 0.429. The van der Waals surface area contributed by atoms with E-state index in [1.165, 1.54) is 0 Å². The molecule has 21 heavy (non-hydrogen) atoms. The van der Waals surface area contributed by atoms with E-state index >= 15 is 0 Å². The Morgan fingerprint density at radius 3 is 3.00 bits per heavy atom. The third-order valence-corrected chi connectivity index (χ3v) is 3.67. The average Bonchev–Trinajstić information content (AvgIpc) is 2.45. The Labute approximate surface area is 128 Å². The zero-order valence-corrected chi connectivity index (χ0v) is 12.5. The van der Waals surface area contributed by atoms with Crippen LogP contribution in [0.1, 0.15) is 19.8 Å². The van der Waals surface area contributed by atoms with Gasteiger partial charge in [-0.25, -0.2) is 0 Å². The molecule has 4 N–H and O–H groups in total. The summed E-state index contributed by atoms with van der Waals surface area (Å²) in [5.74, 6) is 0.259. The molecule has 1 aromatic carbocycles. The van der Waals surface area contributed by atoms with Crippen LogP contribution in [0.15, 0.2) is 12.1 Å². The Balaban J connectivity index is 2.10. The van der Waals surface area contributed by atoms with E-state index in [1.807, 2.05) is 6.92 Å². The van der Waals surface area contributed by atoms with Gasteiger partial charge in [0.25, 0.3) is 5.91 Å². The van der Waals surface area contributed by atoms with Gasteiger partial charge in [-0.15, -0.1) is 0 Å². The second-order valence-corrected chi connectivity index (χ2v) is 5.33. The molecule has 0 fully saturated rings. The van der Waals surface area contributed by atoms with E-state index in [0.29, 0.717) is 35.1 Å². The van der Waals surface area contributed by atoms with Crippen LogP contribution in [0, 0.1) is 5.92 Å². The van der Waals surface area contributed by atoms with Crippen molar-refractivity contribution in [3.8, 4) is 5.75 Å². The quantitative estimate of drug-likeness (QED) is 0.775. The van der Waals surface area contributed by atoms with Crippen molar-refractivity contribution in [3.05, 3.63) is 17.2 Å². The standard InChI is InChI=1S/C14H18ClN3O3/c1-2-8(6-16)3-13(19)17-10-5-12-11(4-9(10)15)18-14(20)7-21-12/h4-5,8H,2-3,6-7,16H2,1H3,(H,17,19)(H,18,20). The summed E-state index contributed by atoms with van der Waals surface area (Å²) in [6.07, 6.45) is 1.19. The maximum absolute atomic E-state index is 12.0. The lowest BCUT2D eigenvalue weighted by molar-refractivity contribution is -0.119. The molecule has 0 radical (unpaired) electrons. The van der Waals surface area contributed by atoms with Gasteiger partial charge < -0.3 is 21.1 Å². The molecule has 0 saturated heterocycles. The molecule has 0 bridgehead atoms. The number of nitrogens with two attached hydrogens (primary N) is 1. The first-order valence-corrected chi connectivity index (χ1v) is 7.17. The zero-order chi connectivity index (χ0) is 15.4. The Bertz CT molecular complexity index is 559. The van der Waals surface area contributed by atoms with Crippen LogP contribution in [0.3, 0.4) is 0 Å². The second-order valence-electron chi connectivity index (χ2n) is 4.93. The van der Waals surface area contributed by atoms with Crippen LogP contribution in [0.5, 0.6) is 5.75 Å². The van der Waals surface area contributed by atoms with Gasteiger partial charge in [-0.2, -0.15) is 0 Å². The van der Waals surface area contributed by atoms with Crippen molar-refractivity contribution in [3.63, 3.8) is 0 Å². The van der Waals surface area contributed by atoms with E-state index in [4.69, 9.17) is 22.1 Å². The Morgan fingerprint density at radius 1 is 1.57 bits per heavy atom. The minimum absolute atomic E-state index is 0.0485. The summed E-state index contributed by atoms with van der Waals surface area (Å²) in [6, 6.07) is 3.17. The summed E-state index contributed by atoms with van der Waals surface area (Å²) in [5.41, 5.74) is 6.56. The zero-order valence-electron chi connectivity index (χ0n) is 11.7. The summed E-state index contributed by atoms with van der Waals surface area (Å²) in [5, 5.41) is 5.75. The number of halogens is 1. The first-order valence-electron chi connectivity index (χ1n) is 6.79. The summed E-state index contributed by atoms with van der Waals surface area (Å²) < 4.78 is 5.29. The SMILES string of the molecule is CCC(CN)CC(=O)Nc1cc2c(cc1Cl)NC(=O)CO2. The molecule has 0 spiro atoms. The van der Waals surface area contributed by atoms with Gasteiger partial charge in [0.2, 0.25) is 5.91 Å². The number of amides is 2. The third-order valence-electron chi connectivity index (χ3n) is 3.36. The van der Waals surface area contributed by atoms with Gasteiger partial charge in [-0.1, -0.05) is 24.9 Å². The maximum atomic E-state index is 12.0. The highest BCUT2D eigenvalue weighted by Gasteiger charge is 2.19. The fourth-order valence-electron chi connectivity index (χ4n) is 2.05. The van der Waals surface area contributed by atoms with Crippen molar-refractivity contribution in [1.29, 1.82) is 0 Å². The summed E-state index contributed by atoms with van der Waals surface area (Å²) in [6.45, 7) is 2.41. The number of ether oxygens (including phenoxy) is 1. The van der Waals surface area contributed by atoms with Crippen LogP contribution in [0.25, 0.3) is 0 Å². The number of nitrogens with one attached hydrogen (secondary N) is 2. The van der Waals surface area contributed by atoms with Crippen molar-refractivity contribution in [2.45, 2.75) is 19.8 Å². The van der Waals surface area contributed by atoms with Gasteiger partial charge in [-0.05, 0) is 18.5 Å². The molecule has 6 nitrogen and oxygen atoms in total. The number of benzene rings is 1. The monoisotopic (exact) mass is 311 g/mol. The molecule has 1 unspecified atom stereocenters. The van der Waals surface area contributed by atoms with E-state index < -0.39 is 0 Å². The van der Waals surface area contributed by atoms with Crippen molar-refractivity contribution in [1.82, 2.24) is 0 Å². The van der Waals surface area contributed by atoms with Crippen molar-refractivity contribution in [2.75, 3.05) is 23.8 Å². The molecule has 0 aliphatic carbocycles. The molecule has 114 valence electrons. The van der Waals surface area contributed by atoms with Crippen LogP contribution in [0.2, 0.25) is 5.02 Å². The molecular weight excluding hydrogens is 294 g/mol. The van der Waals surface area contributed by atoms with E-state index in [9.17, 15) is 9.59 Å². The smallest absolute Gasteiger partial charge is 0.262 e. The van der Waals surface area contributed by atoms with Gasteiger partial charge in [0.15, 0.2) is 6.61 Å². The lowest BCUT2D eigenvalue weighted by Crippen LogP contribution is -2.26. The number of anilines is 2. The molecule has 2 rings (SSSR count). The Morgan fingerprint density at radius 2 is 2.33 bits per heavy atom. The van der Waals surface area contributed by atoms with Gasteiger partial charge in [0, 0.05) is 12.5 Å². The molecule has 1 aliphatic rings. The lowest BCUT2D eigenvalue weighted by Gasteiger charge is -2.20. The van der Waals surface area contributed by atoms with Crippen molar-refractivity contribution < 1.29 is 14.3 Å². The van der Waals surface area contributed by atoms with Crippen molar-refractivity contribution in [2.24, 2.45) is 11.7 Å². The summed E-state index contributed by atoms with van der Waals surface area (Å²) in [4.78, 5) is 23.2. The highest BCUT2D eigenvalue weighted by Crippen LogP contribution is 2.36. The van der Waals surface area contributed by atoms with E-state index in [2.05, 4.69) is 10.6 Å². The van der Waals surface area contributed by atoms with Crippen LogP contribution < -0.4 is 21.1 Å². The minimum atomic E-state index is -0.232. The second kappa shape index (κ2) is 6.78. The lowest BCUT2D eigenvalue weighted by atomic mass is 10.0. The number of rotatable bonds is 5. The van der Waals surface area contributed by atoms with Gasteiger partial charge in [-0.3, -0.25) is 9.59 Å². The van der Waals surface area contributed by atoms with E-state index in [0.717, 1.165) is 6.42 Å². The molecule has 1 aromatic rings. The van der Waals surface area contributed by atoms with Crippen molar-refractivity contribution >= 4 is 34.8 Å². The molecule has 0 saturated carbocycles. The first kappa shape index (κ1) is 15.6. The fourth-order valence-corrected chi connectivity index (χ4v) is 2.26. The highest BCUT2D eigenvalue weighted by molar-refractivity contribution is 6.34. The van der Waals surface area contributed by atoms with Gasteiger partial charge in [0.1, 0.15) is 5.75 Å². The molecule has 1 atom stereocenters. The number of carbonyl (C=O) groups excluding carboxylic acids is 2. The molecule has 1 heterocycles. The minimum Gasteiger partial charge on any atom is -0.482 e. The predicted molar refractivity (Wildman–Crippen MR) is 81.7 cm³/mol. The summed E-state index contributed by atoms with van der Waals surface area (Å²) in [7, 11) is 0. The first-order chi connectivity index (χ1) is 10.0. The van der Waals surface area contributed by atoms with Gasteiger partial charge in [0.05, 0.1) is 16.4 Å². The third kappa shape index (κ3) is 3.86. The molecule has 0 aromatic heterocycles. The topological polar surface area (TPSA) is 93.5 Å². The Hall–Kier alpha value is -1.79. The van der Waals surface area contributed by atoms with Gasteiger partial charge >= 0.3 is 0 Å². The normalized spacial score (nSPS) is 14.7. The number of carbonyl (C=O) groups is 2. The number of hydrogen-bond donors (Lipinski definition) is 3. The average molecular weight is 312 g/mol. The number of hydrogen-bond acceptors (Lipinski definition) is 4. The van der Waals surface area contributed by atoms with Crippen LogP contribution >= 0.6 is 11.6 Å². The largest absolute Gasteiger partial charge is 0.482 e. The van der Waals surface area contributed by atoms with E-state index in [-0.39, 0.29) is 24.3 Å². The molecule has 1 aliphatic heterocycles. The molecule has 7 heteroatoms. The molecule has 2 amide bonds. The molecular formula is C14H18ClN3O3. The van der Waals surface area contributed by atoms with Crippen LogP contribution in [0.4, 0.5) is 11.4 Å². The van der Waals surface area contributed by atoms with Crippen LogP contribution in [-0.4, -0.2) is 25.0 Å². The Kier molecular flexibility index (Phi) is 5.03. The number of fused-ring (bicyclic) bond motifs is 1.